The maximum absolute atomic E-state index is 11.7. The minimum absolute atomic E-state index is 0.0303. The average molecular weight is 258 g/mol. The van der Waals surface area contributed by atoms with E-state index in [1.165, 1.54) is 0 Å². The minimum Gasteiger partial charge on any atom is -0.393 e. The molecule has 17 heavy (non-hydrogen) atoms. The first-order chi connectivity index (χ1) is 8.01. The molecule has 1 unspecified atom stereocenters. The third-order valence-corrected chi connectivity index (χ3v) is 3.15. The Labute approximate surface area is 108 Å². The van der Waals surface area contributed by atoms with Gasteiger partial charge in [-0.15, -0.1) is 0 Å². The molecule has 1 aliphatic carbocycles. The van der Waals surface area contributed by atoms with E-state index in [9.17, 15) is 4.79 Å². The monoisotopic (exact) mass is 258 g/mol. The van der Waals surface area contributed by atoms with Crippen molar-refractivity contribution in [1.82, 2.24) is 5.32 Å². The molecule has 0 aromatic carbocycles. The highest BCUT2D eigenvalue weighted by Crippen LogP contribution is 2.32. The normalized spacial score (nSPS) is 24.8. The van der Waals surface area contributed by atoms with Gasteiger partial charge in [-0.25, -0.2) is 0 Å². The molecule has 98 valence electrons. The second-order valence-electron chi connectivity index (χ2n) is 4.76. The van der Waals surface area contributed by atoms with Gasteiger partial charge in [0, 0.05) is 25.5 Å². The van der Waals surface area contributed by atoms with E-state index in [1.807, 2.05) is 13.8 Å². The number of carbonyl (C=O) groups excluding carboxylic acids is 1. The maximum atomic E-state index is 11.7. The van der Waals surface area contributed by atoms with Gasteiger partial charge in [0.1, 0.15) is 0 Å². The molecule has 0 aliphatic heterocycles. The second kappa shape index (κ2) is 6.91. The van der Waals surface area contributed by atoms with Gasteiger partial charge in [0.05, 0.1) is 11.1 Å². The molecule has 0 aromatic rings. The van der Waals surface area contributed by atoms with Crippen LogP contribution >= 0.6 is 12.2 Å². The smallest absolute Gasteiger partial charge is 0.220 e. The lowest BCUT2D eigenvalue weighted by Crippen LogP contribution is -2.39. The van der Waals surface area contributed by atoms with Crippen molar-refractivity contribution in [2.45, 2.75) is 51.7 Å². The molecule has 1 fully saturated rings. The molecular formula is C12H22N2O2S. The van der Waals surface area contributed by atoms with Crippen molar-refractivity contribution in [1.29, 1.82) is 0 Å². The number of ether oxygens (including phenoxy) is 1. The molecule has 1 saturated carbocycles. The molecule has 3 N–H and O–H groups in total. The SMILES string of the molecule is CCOC1CC(CC(=O)NC(C)CC(N)=S)C1. The highest BCUT2D eigenvalue weighted by Gasteiger charge is 2.31. The van der Waals surface area contributed by atoms with Gasteiger partial charge in [-0.05, 0) is 32.6 Å². The predicted octanol–water partition coefficient (Wildman–Crippen LogP) is 1.37. The lowest BCUT2D eigenvalue weighted by molar-refractivity contribution is -0.124. The summed E-state index contributed by atoms with van der Waals surface area (Å²) >= 11 is 4.80. The fraction of sp³-hybridized carbons (Fsp3) is 0.833. The summed E-state index contributed by atoms with van der Waals surface area (Å²) < 4.78 is 5.46. The van der Waals surface area contributed by atoms with Gasteiger partial charge in [0.15, 0.2) is 0 Å². The molecule has 1 rings (SSSR count). The van der Waals surface area contributed by atoms with E-state index in [-0.39, 0.29) is 11.9 Å². The molecule has 0 saturated heterocycles. The number of hydrogen-bond acceptors (Lipinski definition) is 3. The first kappa shape index (κ1) is 14.4. The fourth-order valence-electron chi connectivity index (χ4n) is 2.16. The Hall–Kier alpha value is -0.680. The summed E-state index contributed by atoms with van der Waals surface area (Å²) in [5.41, 5.74) is 5.42. The van der Waals surface area contributed by atoms with Crippen molar-refractivity contribution in [3.8, 4) is 0 Å². The summed E-state index contributed by atoms with van der Waals surface area (Å²) in [6, 6.07) is 0.0303. The second-order valence-corrected chi connectivity index (χ2v) is 5.28. The Morgan fingerprint density at radius 1 is 1.59 bits per heavy atom. The third kappa shape index (κ3) is 5.46. The van der Waals surface area contributed by atoms with Crippen molar-refractivity contribution >= 4 is 23.1 Å². The van der Waals surface area contributed by atoms with Crippen LogP contribution in [0.15, 0.2) is 0 Å². The summed E-state index contributed by atoms with van der Waals surface area (Å²) in [5.74, 6) is 0.567. The van der Waals surface area contributed by atoms with Gasteiger partial charge in [-0.1, -0.05) is 12.2 Å². The van der Waals surface area contributed by atoms with Crippen LogP contribution in [0.1, 0.15) is 39.5 Å². The quantitative estimate of drug-likeness (QED) is 0.677. The van der Waals surface area contributed by atoms with Crippen LogP contribution in [-0.2, 0) is 9.53 Å². The van der Waals surface area contributed by atoms with Crippen LogP contribution in [-0.4, -0.2) is 29.6 Å². The lowest BCUT2D eigenvalue weighted by atomic mass is 9.80. The molecule has 0 radical (unpaired) electrons. The Morgan fingerprint density at radius 3 is 2.76 bits per heavy atom. The van der Waals surface area contributed by atoms with E-state index >= 15 is 0 Å². The Bertz CT molecular complexity index is 278. The average Bonchev–Trinajstić information content (AvgIpc) is 2.12. The van der Waals surface area contributed by atoms with Crippen LogP contribution in [0, 0.1) is 5.92 Å². The summed E-state index contributed by atoms with van der Waals surface area (Å²) in [4.78, 5) is 12.1. The van der Waals surface area contributed by atoms with Gasteiger partial charge in [-0.2, -0.15) is 0 Å². The zero-order chi connectivity index (χ0) is 12.8. The lowest BCUT2D eigenvalue weighted by Gasteiger charge is -2.34. The van der Waals surface area contributed by atoms with E-state index in [4.69, 9.17) is 22.7 Å². The Kier molecular flexibility index (Phi) is 5.85. The van der Waals surface area contributed by atoms with Gasteiger partial charge in [-0.3, -0.25) is 4.79 Å². The molecule has 5 heteroatoms. The number of nitrogens with one attached hydrogen (secondary N) is 1. The summed E-state index contributed by atoms with van der Waals surface area (Å²) in [6.07, 6.45) is 3.53. The van der Waals surface area contributed by atoms with E-state index in [1.54, 1.807) is 0 Å². The van der Waals surface area contributed by atoms with Crippen LogP contribution in [0.4, 0.5) is 0 Å². The highest BCUT2D eigenvalue weighted by atomic mass is 32.1. The number of thiocarbonyl (C=S) groups is 1. The topological polar surface area (TPSA) is 64.3 Å². The van der Waals surface area contributed by atoms with Crippen LogP contribution in [0.2, 0.25) is 0 Å². The molecule has 0 spiro atoms. The van der Waals surface area contributed by atoms with Gasteiger partial charge < -0.3 is 15.8 Å². The van der Waals surface area contributed by atoms with Crippen molar-refractivity contribution in [3.05, 3.63) is 0 Å². The summed E-state index contributed by atoms with van der Waals surface area (Å²) in [5, 5.41) is 2.91. The Morgan fingerprint density at radius 2 is 2.24 bits per heavy atom. The van der Waals surface area contributed by atoms with Crippen molar-refractivity contribution < 1.29 is 9.53 Å². The fourth-order valence-corrected chi connectivity index (χ4v) is 2.41. The number of amides is 1. The van der Waals surface area contributed by atoms with E-state index in [2.05, 4.69) is 5.32 Å². The van der Waals surface area contributed by atoms with Crippen molar-refractivity contribution in [3.63, 3.8) is 0 Å². The zero-order valence-corrected chi connectivity index (χ0v) is 11.4. The van der Waals surface area contributed by atoms with Crippen LogP contribution in [0.3, 0.4) is 0 Å². The van der Waals surface area contributed by atoms with Crippen LogP contribution < -0.4 is 11.1 Å². The van der Waals surface area contributed by atoms with E-state index < -0.39 is 0 Å². The number of rotatable bonds is 7. The molecule has 1 amide bonds. The van der Waals surface area contributed by atoms with E-state index in [0.29, 0.717) is 29.9 Å². The molecule has 0 heterocycles. The number of hydrogen-bond donors (Lipinski definition) is 2. The van der Waals surface area contributed by atoms with Gasteiger partial charge in [0.2, 0.25) is 5.91 Å². The molecule has 1 atom stereocenters. The standard InChI is InChI=1S/C12H22N2O2S/c1-3-16-10-5-9(6-10)7-12(15)14-8(2)4-11(13)17/h8-10H,3-7H2,1-2H3,(H2,13,17)(H,14,15). The first-order valence-electron chi connectivity index (χ1n) is 6.20. The largest absolute Gasteiger partial charge is 0.393 e. The highest BCUT2D eigenvalue weighted by molar-refractivity contribution is 7.80. The molecule has 0 bridgehead atoms. The van der Waals surface area contributed by atoms with Gasteiger partial charge >= 0.3 is 0 Å². The molecule has 4 nitrogen and oxygen atoms in total. The maximum Gasteiger partial charge on any atom is 0.220 e. The summed E-state index contributed by atoms with van der Waals surface area (Å²) in [6.45, 7) is 4.67. The van der Waals surface area contributed by atoms with Crippen molar-refractivity contribution in [2.24, 2.45) is 11.7 Å². The van der Waals surface area contributed by atoms with Crippen LogP contribution in [0.5, 0.6) is 0 Å². The molecule has 0 aromatic heterocycles. The van der Waals surface area contributed by atoms with Crippen LogP contribution in [0.25, 0.3) is 0 Å². The summed E-state index contributed by atoms with van der Waals surface area (Å²) in [7, 11) is 0. The number of carbonyl (C=O) groups is 1. The predicted molar refractivity (Wildman–Crippen MR) is 71.8 cm³/mol. The molecule has 1 aliphatic rings. The Balaban J connectivity index is 2.12. The van der Waals surface area contributed by atoms with Crippen molar-refractivity contribution in [2.75, 3.05) is 6.61 Å². The van der Waals surface area contributed by atoms with E-state index in [0.717, 1.165) is 19.4 Å². The minimum atomic E-state index is 0.0303. The zero-order valence-electron chi connectivity index (χ0n) is 10.6. The molecular weight excluding hydrogens is 236 g/mol. The van der Waals surface area contributed by atoms with Gasteiger partial charge in [0.25, 0.3) is 0 Å². The first-order valence-corrected chi connectivity index (χ1v) is 6.61. The number of nitrogens with two attached hydrogens (primary N) is 1. The third-order valence-electron chi connectivity index (χ3n) is 2.98.